The highest BCUT2D eigenvalue weighted by molar-refractivity contribution is 7.89. The van der Waals surface area contributed by atoms with Crippen molar-refractivity contribution >= 4 is 26.7 Å². The maximum atomic E-state index is 13.9. The molecule has 236 valence electrons. The van der Waals surface area contributed by atoms with Crippen LogP contribution < -0.4 is 4.72 Å². The van der Waals surface area contributed by atoms with Crippen molar-refractivity contribution < 1.29 is 13.2 Å². The Morgan fingerprint density at radius 3 is 2.09 bits per heavy atom. The molecule has 0 radical (unpaired) electrons. The molecule has 0 aliphatic carbocycles. The molecule has 2 fully saturated rings. The van der Waals surface area contributed by atoms with E-state index in [0.717, 1.165) is 68.2 Å². The Hall–Kier alpha value is -3.56. The third-order valence-electron chi connectivity index (χ3n) is 9.85. The van der Waals surface area contributed by atoms with Gasteiger partial charge in [0.15, 0.2) is 0 Å². The van der Waals surface area contributed by atoms with Crippen LogP contribution >= 0.6 is 0 Å². The number of amides is 1. The summed E-state index contributed by atoms with van der Waals surface area (Å²) in [7, 11) is -1.69. The first-order valence-corrected chi connectivity index (χ1v) is 17.6. The molecular weight excluding hydrogens is 580 g/mol. The number of benzene rings is 4. The molecule has 1 unspecified atom stereocenters. The maximum absolute atomic E-state index is 13.9. The van der Waals surface area contributed by atoms with Gasteiger partial charge in [0.1, 0.15) is 0 Å². The molecule has 6 rings (SSSR count). The van der Waals surface area contributed by atoms with Gasteiger partial charge in [-0.05, 0) is 66.8 Å². The van der Waals surface area contributed by atoms with E-state index in [-0.39, 0.29) is 22.8 Å². The van der Waals surface area contributed by atoms with E-state index in [4.69, 9.17) is 0 Å². The number of sulfonamides is 1. The van der Waals surface area contributed by atoms with Crippen molar-refractivity contribution in [2.75, 3.05) is 46.3 Å². The summed E-state index contributed by atoms with van der Waals surface area (Å²) in [6, 6.07) is 32.3. The van der Waals surface area contributed by atoms with Gasteiger partial charge in [0, 0.05) is 51.2 Å². The summed E-state index contributed by atoms with van der Waals surface area (Å²) in [4.78, 5) is 21.1. The molecule has 0 bridgehead atoms. The van der Waals surface area contributed by atoms with E-state index in [1.165, 1.54) is 5.56 Å². The number of nitrogens with zero attached hydrogens (tertiary/aromatic N) is 3. The first-order chi connectivity index (χ1) is 21.8. The molecule has 1 N–H and O–H groups in total. The minimum absolute atomic E-state index is 0.0138. The molecule has 4 aromatic rings. The molecule has 0 aromatic heterocycles. The number of rotatable bonds is 10. The van der Waals surface area contributed by atoms with Crippen LogP contribution in [0.2, 0.25) is 0 Å². The van der Waals surface area contributed by atoms with Crippen LogP contribution in [0.15, 0.2) is 108 Å². The number of likely N-dealkylation sites (N-methyl/N-ethyl adjacent to an activating group) is 1. The number of hydrogen-bond acceptors (Lipinski definition) is 5. The number of hydrogen-bond donors (Lipinski definition) is 1. The Labute approximate surface area is 267 Å². The first-order valence-electron chi connectivity index (χ1n) is 16.1. The second-order valence-corrected chi connectivity index (χ2v) is 14.4. The number of carbonyl (C=O) groups excluding carboxylic acids is 1. The molecule has 45 heavy (non-hydrogen) atoms. The fourth-order valence-corrected chi connectivity index (χ4v) is 8.27. The van der Waals surface area contributed by atoms with Crippen LogP contribution in [0.3, 0.4) is 0 Å². The zero-order valence-corrected chi connectivity index (χ0v) is 27.0. The van der Waals surface area contributed by atoms with Crippen LogP contribution in [0.5, 0.6) is 0 Å². The van der Waals surface area contributed by atoms with Gasteiger partial charge >= 0.3 is 0 Å². The van der Waals surface area contributed by atoms with Gasteiger partial charge in [-0.3, -0.25) is 9.69 Å². The number of piperidine rings is 1. The van der Waals surface area contributed by atoms with Crippen molar-refractivity contribution in [1.29, 1.82) is 0 Å². The van der Waals surface area contributed by atoms with Crippen molar-refractivity contribution in [2.24, 2.45) is 0 Å². The number of fused-ring (bicyclic) bond motifs is 1. The predicted molar refractivity (Wildman–Crippen MR) is 180 cm³/mol. The Balaban J connectivity index is 1.16. The van der Waals surface area contributed by atoms with Crippen LogP contribution in [0.25, 0.3) is 10.8 Å². The second kappa shape index (κ2) is 13.8. The number of nitrogens with one attached hydrogen (secondary N) is 1. The monoisotopic (exact) mass is 624 g/mol. The van der Waals surface area contributed by atoms with Crippen molar-refractivity contribution in [3.8, 4) is 0 Å². The van der Waals surface area contributed by atoms with Gasteiger partial charge < -0.3 is 9.80 Å². The Morgan fingerprint density at radius 2 is 1.40 bits per heavy atom. The summed E-state index contributed by atoms with van der Waals surface area (Å²) in [5.41, 5.74) is 2.19. The molecule has 0 spiro atoms. The van der Waals surface area contributed by atoms with E-state index in [1.54, 1.807) is 12.1 Å². The van der Waals surface area contributed by atoms with Crippen molar-refractivity contribution in [3.05, 3.63) is 114 Å². The molecule has 7 nitrogen and oxygen atoms in total. The van der Waals surface area contributed by atoms with Crippen LogP contribution in [0.4, 0.5) is 0 Å². The van der Waals surface area contributed by atoms with Gasteiger partial charge in [-0.1, -0.05) is 91.0 Å². The SMILES string of the molecule is CN1CCN(C2(CCc3ccccc3)CCN(C(=O)CC(NS(=O)(=O)c3ccc4ccccc4c3)c3ccccc3)CC2)CC1. The van der Waals surface area contributed by atoms with Crippen molar-refractivity contribution in [2.45, 2.75) is 48.6 Å². The number of piperazine rings is 1. The Morgan fingerprint density at radius 1 is 0.778 bits per heavy atom. The zero-order chi connectivity index (χ0) is 31.3. The number of carbonyl (C=O) groups is 1. The number of aryl methyl sites for hydroxylation is 1. The average molecular weight is 625 g/mol. The lowest BCUT2D eigenvalue weighted by molar-refractivity contribution is -0.135. The molecule has 2 aliphatic heterocycles. The maximum Gasteiger partial charge on any atom is 0.241 e. The average Bonchev–Trinajstić information content (AvgIpc) is 3.08. The summed E-state index contributed by atoms with van der Waals surface area (Å²) in [5, 5.41) is 1.84. The standard InChI is InChI=1S/C37H44N4O3S/c1-39-24-26-41(27-25-39)37(19-18-30-10-4-2-5-11-30)20-22-40(23-21-37)36(42)29-35(32-13-6-3-7-14-32)38-45(43,44)34-17-16-31-12-8-9-15-33(31)28-34/h2-17,28,35,38H,18-27,29H2,1H3. The molecular formula is C37H44N4O3S. The second-order valence-electron chi connectivity index (χ2n) is 12.7. The topological polar surface area (TPSA) is 73.0 Å². The minimum atomic E-state index is -3.88. The molecule has 1 atom stereocenters. The highest BCUT2D eigenvalue weighted by atomic mass is 32.2. The molecule has 0 saturated carbocycles. The van der Waals surface area contributed by atoms with Gasteiger partial charge in [-0.2, -0.15) is 0 Å². The lowest BCUT2D eigenvalue weighted by atomic mass is 9.80. The van der Waals surface area contributed by atoms with Gasteiger partial charge in [0.05, 0.1) is 10.9 Å². The Kier molecular flexibility index (Phi) is 9.66. The van der Waals surface area contributed by atoms with E-state index >= 15 is 0 Å². The fourth-order valence-electron chi connectivity index (χ4n) is 7.01. The van der Waals surface area contributed by atoms with E-state index in [1.807, 2.05) is 65.6 Å². The third kappa shape index (κ3) is 7.47. The summed E-state index contributed by atoms with van der Waals surface area (Å²) in [6.45, 7) is 5.58. The van der Waals surface area contributed by atoms with E-state index in [9.17, 15) is 13.2 Å². The van der Waals surface area contributed by atoms with E-state index in [0.29, 0.717) is 13.1 Å². The summed E-state index contributed by atoms with van der Waals surface area (Å²) < 4.78 is 30.2. The summed E-state index contributed by atoms with van der Waals surface area (Å²) in [6.07, 6.45) is 4.01. The van der Waals surface area contributed by atoms with Crippen LogP contribution in [0.1, 0.15) is 42.9 Å². The van der Waals surface area contributed by atoms with Crippen LogP contribution in [0, 0.1) is 0 Å². The van der Waals surface area contributed by atoms with Crippen LogP contribution in [-0.2, 0) is 21.2 Å². The van der Waals surface area contributed by atoms with Gasteiger partial charge in [-0.15, -0.1) is 0 Å². The molecule has 2 saturated heterocycles. The predicted octanol–water partition coefficient (Wildman–Crippen LogP) is 5.49. The third-order valence-corrected chi connectivity index (χ3v) is 11.3. The normalized spacial score (nSPS) is 18.6. The van der Waals surface area contributed by atoms with Gasteiger partial charge in [0.25, 0.3) is 0 Å². The van der Waals surface area contributed by atoms with E-state index in [2.05, 4.69) is 51.9 Å². The quantitative estimate of drug-likeness (QED) is 0.253. The first kappa shape index (κ1) is 31.4. The summed E-state index contributed by atoms with van der Waals surface area (Å²) in [5.74, 6) is -0.0138. The molecule has 2 heterocycles. The molecule has 4 aromatic carbocycles. The minimum Gasteiger partial charge on any atom is -0.342 e. The lowest BCUT2D eigenvalue weighted by Crippen LogP contribution is -2.61. The smallest absolute Gasteiger partial charge is 0.241 e. The number of likely N-dealkylation sites (tertiary alicyclic amines) is 1. The largest absolute Gasteiger partial charge is 0.342 e. The fraction of sp³-hybridized carbons (Fsp3) is 0.378. The summed E-state index contributed by atoms with van der Waals surface area (Å²) >= 11 is 0. The van der Waals surface area contributed by atoms with Gasteiger partial charge in [-0.25, -0.2) is 13.1 Å². The van der Waals surface area contributed by atoms with Gasteiger partial charge in [0.2, 0.25) is 15.9 Å². The lowest BCUT2D eigenvalue weighted by Gasteiger charge is -2.51. The molecule has 2 aliphatic rings. The van der Waals surface area contributed by atoms with E-state index < -0.39 is 16.1 Å². The molecule has 8 heteroatoms. The van der Waals surface area contributed by atoms with Crippen molar-refractivity contribution in [3.63, 3.8) is 0 Å². The van der Waals surface area contributed by atoms with Crippen molar-refractivity contribution in [1.82, 2.24) is 19.4 Å². The zero-order valence-electron chi connectivity index (χ0n) is 26.1. The Bertz CT molecular complexity index is 1680. The molecule has 1 amide bonds. The van der Waals surface area contributed by atoms with Crippen LogP contribution in [-0.4, -0.2) is 80.9 Å². The highest BCUT2D eigenvalue weighted by Crippen LogP contribution is 2.35. The highest BCUT2D eigenvalue weighted by Gasteiger charge is 2.41.